The van der Waals surface area contributed by atoms with Gasteiger partial charge in [-0.05, 0) is 18.0 Å². The molecule has 1 aliphatic heterocycles. The van der Waals surface area contributed by atoms with Crippen LogP contribution < -0.4 is 5.73 Å². The summed E-state index contributed by atoms with van der Waals surface area (Å²) in [5, 5.41) is 0. The topological polar surface area (TPSA) is 46.3 Å². The highest BCUT2D eigenvalue weighted by Gasteiger charge is 2.28. The first-order chi connectivity index (χ1) is 7.29. The van der Waals surface area contributed by atoms with E-state index in [2.05, 4.69) is 0 Å². The molecule has 0 unspecified atom stereocenters. The summed E-state index contributed by atoms with van der Waals surface area (Å²) in [5.41, 5.74) is 6.76. The number of carbonyl (C=O) groups excluding carboxylic acids is 1. The number of hydrogen-bond acceptors (Lipinski definition) is 2. The molecule has 0 aromatic heterocycles. The van der Waals surface area contributed by atoms with Gasteiger partial charge in [0.25, 0.3) is 0 Å². The Morgan fingerprint density at radius 1 is 1.33 bits per heavy atom. The zero-order chi connectivity index (χ0) is 10.7. The lowest BCUT2D eigenvalue weighted by atomic mass is 10.1. The lowest BCUT2D eigenvalue weighted by Crippen LogP contribution is -2.25. The van der Waals surface area contributed by atoms with Crippen LogP contribution in [0.15, 0.2) is 30.3 Å². The Kier molecular flexibility index (Phi) is 3.02. The van der Waals surface area contributed by atoms with E-state index in [4.69, 9.17) is 5.73 Å². The second-order valence-electron chi connectivity index (χ2n) is 4.07. The van der Waals surface area contributed by atoms with Crippen molar-refractivity contribution in [3.8, 4) is 0 Å². The second kappa shape index (κ2) is 4.45. The molecule has 1 saturated heterocycles. The summed E-state index contributed by atoms with van der Waals surface area (Å²) in [7, 11) is 0. The van der Waals surface area contributed by atoms with Crippen molar-refractivity contribution in [2.75, 3.05) is 13.1 Å². The number of hydrogen-bond donors (Lipinski definition) is 1. The van der Waals surface area contributed by atoms with Gasteiger partial charge >= 0.3 is 0 Å². The molecule has 3 heteroatoms. The number of carbonyl (C=O) groups is 1. The molecule has 1 fully saturated rings. The fourth-order valence-electron chi connectivity index (χ4n) is 1.97. The third-order valence-corrected chi connectivity index (χ3v) is 2.84. The molecule has 1 aliphatic rings. The first-order valence-corrected chi connectivity index (χ1v) is 5.31. The van der Waals surface area contributed by atoms with Gasteiger partial charge in [0.2, 0.25) is 5.91 Å². The standard InChI is InChI=1S/C12H16N2O/c13-7-11-6-12(15)14(9-11)8-10-4-2-1-3-5-10/h1-5,11H,6-9,13H2/t11-/m1/s1. The SMILES string of the molecule is NC[C@H]1CC(=O)N(Cc2ccccc2)C1. The maximum atomic E-state index is 11.6. The molecular weight excluding hydrogens is 188 g/mol. The maximum absolute atomic E-state index is 11.6. The molecule has 0 saturated carbocycles. The minimum atomic E-state index is 0.231. The zero-order valence-corrected chi connectivity index (χ0v) is 8.73. The van der Waals surface area contributed by atoms with E-state index in [0.717, 1.165) is 13.1 Å². The third kappa shape index (κ3) is 2.36. The van der Waals surface area contributed by atoms with Crippen molar-refractivity contribution < 1.29 is 4.79 Å². The van der Waals surface area contributed by atoms with Crippen LogP contribution in [0.2, 0.25) is 0 Å². The molecule has 15 heavy (non-hydrogen) atoms. The van der Waals surface area contributed by atoms with E-state index >= 15 is 0 Å². The molecule has 0 aliphatic carbocycles. The van der Waals surface area contributed by atoms with Crippen molar-refractivity contribution in [2.45, 2.75) is 13.0 Å². The fourth-order valence-corrected chi connectivity index (χ4v) is 1.97. The monoisotopic (exact) mass is 204 g/mol. The Hall–Kier alpha value is -1.35. The minimum Gasteiger partial charge on any atom is -0.338 e. The Labute approximate surface area is 89.9 Å². The van der Waals surface area contributed by atoms with E-state index in [0.29, 0.717) is 18.9 Å². The molecule has 0 bridgehead atoms. The first-order valence-electron chi connectivity index (χ1n) is 5.31. The first kappa shape index (κ1) is 10.2. The normalized spacial score (nSPS) is 21.0. The van der Waals surface area contributed by atoms with Crippen molar-refractivity contribution in [3.05, 3.63) is 35.9 Å². The number of likely N-dealkylation sites (tertiary alicyclic amines) is 1. The van der Waals surface area contributed by atoms with Gasteiger partial charge in [-0.2, -0.15) is 0 Å². The van der Waals surface area contributed by atoms with Crippen LogP contribution in [-0.4, -0.2) is 23.9 Å². The summed E-state index contributed by atoms with van der Waals surface area (Å²) in [4.78, 5) is 13.5. The van der Waals surface area contributed by atoms with Gasteiger partial charge in [-0.15, -0.1) is 0 Å². The van der Waals surface area contributed by atoms with E-state index in [-0.39, 0.29) is 5.91 Å². The Morgan fingerprint density at radius 2 is 2.07 bits per heavy atom. The van der Waals surface area contributed by atoms with Gasteiger partial charge in [-0.3, -0.25) is 4.79 Å². The highest BCUT2D eigenvalue weighted by atomic mass is 16.2. The highest BCUT2D eigenvalue weighted by Crippen LogP contribution is 2.18. The van der Waals surface area contributed by atoms with Crippen molar-refractivity contribution in [3.63, 3.8) is 0 Å². The number of rotatable bonds is 3. The Morgan fingerprint density at radius 3 is 2.67 bits per heavy atom. The van der Waals surface area contributed by atoms with Gasteiger partial charge < -0.3 is 10.6 Å². The third-order valence-electron chi connectivity index (χ3n) is 2.84. The van der Waals surface area contributed by atoms with E-state index < -0.39 is 0 Å². The van der Waals surface area contributed by atoms with Gasteiger partial charge in [0.15, 0.2) is 0 Å². The molecule has 80 valence electrons. The summed E-state index contributed by atoms with van der Waals surface area (Å²) in [5.74, 6) is 0.579. The molecule has 2 N–H and O–H groups in total. The lowest BCUT2D eigenvalue weighted by Gasteiger charge is -2.16. The van der Waals surface area contributed by atoms with Gasteiger partial charge in [0.1, 0.15) is 0 Å². The predicted octanol–water partition coefficient (Wildman–Crippen LogP) is 0.994. The molecule has 2 rings (SSSR count). The van der Waals surface area contributed by atoms with Crippen molar-refractivity contribution in [2.24, 2.45) is 11.7 Å². The molecule has 0 spiro atoms. The average molecular weight is 204 g/mol. The van der Waals surface area contributed by atoms with E-state index in [9.17, 15) is 4.79 Å². The largest absolute Gasteiger partial charge is 0.338 e. The molecule has 0 radical (unpaired) electrons. The van der Waals surface area contributed by atoms with Gasteiger partial charge in [-0.25, -0.2) is 0 Å². The van der Waals surface area contributed by atoms with Gasteiger partial charge in [-0.1, -0.05) is 30.3 Å². The van der Waals surface area contributed by atoms with Crippen LogP contribution in [0.4, 0.5) is 0 Å². The van der Waals surface area contributed by atoms with Crippen LogP contribution in [0.1, 0.15) is 12.0 Å². The van der Waals surface area contributed by atoms with E-state index in [1.807, 2.05) is 35.2 Å². The summed E-state index contributed by atoms with van der Waals surface area (Å²) in [6.07, 6.45) is 0.614. The maximum Gasteiger partial charge on any atom is 0.223 e. The fraction of sp³-hybridized carbons (Fsp3) is 0.417. The molecule has 3 nitrogen and oxygen atoms in total. The quantitative estimate of drug-likeness (QED) is 0.798. The number of amides is 1. The molecule has 1 heterocycles. The summed E-state index contributed by atoms with van der Waals surface area (Å²) >= 11 is 0. The summed E-state index contributed by atoms with van der Waals surface area (Å²) in [6, 6.07) is 10.1. The molecular formula is C12H16N2O. The van der Waals surface area contributed by atoms with Crippen LogP contribution in [0.5, 0.6) is 0 Å². The highest BCUT2D eigenvalue weighted by molar-refractivity contribution is 5.78. The van der Waals surface area contributed by atoms with Crippen LogP contribution in [0.25, 0.3) is 0 Å². The predicted molar refractivity (Wildman–Crippen MR) is 59.0 cm³/mol. The van der Waals surface area contributed by atoms with Crippen LogP contribution in [0, 0.1) is 5.92 Å². The number of nitrogens with zero attached hydrogens (tertiary/aromatic N) is 1. The number of nitrogens with two attached hydrogens (primary N) is 1. The zero-order valence-electron chi connectivity index (χ0n) is 8.73. The summed E-state index contributed by atoms with van der Waals surface area (Å²) < 4.78 is 0. The molecule has 1 aromatic carbocycles. The number of benzene rings is 1. The molecule has 1 atom stereocenters. The smallest absolute Gasteiger partial charge is 0.223 e. The minimum absolute atomic E-state index is 0.231. The second-order valence-corrected chi connectivity index (χ2v) is 4.07. The van der Waals surface area contributed by atoms with Crippen LogP contribution in [-0.2, 0) is 11.3 Å². The summed E-state index contributed by atoms with van der Waals surface area (Å²) in [6.45, 7) is 2.14. The van der Waals surface area contributed by atoms with Crippen LogP contribution >= 0.6 is 0 Å². The average Bonchev–Trinajstić information content (AvgIpc) is 2.61. The van der Waals surface area contributed by atoms with Crippen LogP contribution in [0.3, 0.4) is 0 Å². The molecule has 1 amide bonds. The van der Waals surface area contributed by atoms with Crippen molar-refractivity contribution in [1.82, 2.24) is 4.90 Å². The Bertz CT molecular complexity index is 337. The lowest BCUT2D eigenvalue weighted by molar-refractivity contribution is -0.128. The van der Waals surface area contributed by atoms with Crippen molar-refractivity contribution in [1.29, 1.82) is 0 Å². The van der Waals surface area contributed by atoms with Gasteiger partial charge in [0.05, 0.1) is 0 Å². The van der Waals surface area contributed by atoms with Gasteiger partial charge in [0, 0.05) is 19.5 Å². The molecule has 1 aromatic rings. The Balaban J connectivity index is 1.99. The van der Waals surface area contributed by atoms with E-state index in [1.165, 1.54) is 5.56 Å². The van der Waals surface area contributed by atoms with Crippen molar-refractivity contribution >= 4 is 5.91 Å². The van der Waals surface area contributed by atoms with E-state index in [1.54, 1.807) is 0 Å².